The van der Waals surface area contributed by atoms with Gasteiger partial charge in [0.2, 0.25) is 0 Å². The van der Waals surface area contributed by atoms with Crippen LogP contribution in [0, 0.1) is 19.8 Å². The van der Waals surface area contributed by atoms with Crippen LogP contribution in [0.5, 0.6) is 0 Å². The van der Waals surface area contributed by atoms with Crippen LogP contribution in [-0.4, -0.2) is 52.7 Å². The lowest BCUT2D eigenvalue weighted by Gasteiger charge is -2.40. The van der Waals surface area contributed by atoms with Gasteiger partial charge in [-0.2, -0.15) is 5.10 Å². The number of hydrogen-bond donors (Lipinski definition) is 0. The van der Waals surface area contributed by atoms with Crippen LogP contribution in [0.1, 0.15) is 46.3 Å². The van der Waals surface area contributed by atoms with Gasteiger partial charge in [-0.1, -0.05) is 0 Å². The Balaban J connectivity index is 1.77. The molecular formula is C19H28N4O2. The molecule has 6 heteroatoms. The Labute approximate surface area is 149 Å². The summed E-state index contributed by atoms with van der Waals surface area (Å²) in [5.74, 6) is 1.90. The molecule has 0 aromatic carbocycles. The zero-order chi connectivity index (χ0) is 18.1. The molecule has 0 saturated carbocycles. The van der Waals surface area contributed by atoms with Gasteiger partial charge in [-0.15, -0.1) is 0 Å². The van der Waals surface area contributed by atoms with Crippen LogP contribution in [0.15, 0.2) is 22.9 Å². The summed E-state index contributed by atoms with van der Waals surface area (Å²) in [5.41, 5.74) is 1.90. The second-order valence-electron chi connectivity index (χ2n) is 7.29. The maximum Gasteiger partial charge on any atom is 0.257 e. The Morgan fingerprint density at radius 3 is 2.76 bits per heavy atom. The third-order valence-electron chi connectivity index (χ3n) is 5.20. The molecule has 0 spiro atoms. The van der Waals surface area contributed by atoms with Crippen molar-refractivity contribution in [2.24, 2.45) is 13.0 Å². The molecule has 0 unspecified atom stereocenters. The molecular weight excluding hydrogens is 316 g/mol. The van der Waals surface area contributed by atoms with Gasteiger partial charge in [0.25, 0.3) is 5.91 Å². The van der Waals surface area contributed by atoms with Crippen molar-refractivity contribution in [1.29, 1.82) is 0 Å². The summed E-state index contributed by atoms with van der Waals surface area (Å²) in [6, 6.07) is 2.13. The maximum absolute atomic E-state index is 12.8. The highest BCUT2D eigenvalue weighted by Gasteiger charge is 2.33. The Hall–Kier alpha value is -2.08. The smallest absolute Gasteiger partial charge is 0.257 e. The first-order chi connectivity index (χ1) is 11.9. The molecule has 1 saturated heterocycles. The molecule has 0 radical (unpaired) electrons. The number of amides is 1. The molecule has 1 fully saturated rings. The molecule has 1 aliphatic heterocycles. The lowest BCUT2D eigenvalue weighted by atomic mass is 9.85. The number of rotatable bonds is 4. The maximum atomic E-state index is 12.8. The molecule has 6 nitrogen and oxygen atoms in total. The number of aromatic nitrogens is 2. The third kappa shape index (κ3) is 3.63. The highest BCUT2D eigenvalue weighted by Crippen LogP contribution is 2.35. The molecule has 3 rings (SSSR count). The molecule has 0 N–H and O–H groups in total. The van der Waals surface area contributed by atoms with Crippen molar-refractivity contribution in [2.45, 2.75) is 32.7 Å². The minimum atomic E-state index is 0.0347. The predicted molar refractivity (Wildman–Crippen MR) is 96.4 cm³/mol. The summed E-state index contributed by atoms with van der Waals surface area (Å²) in [4.78, 5) is 17.0. The zero-order valence-electron chi connectivity index (χ0n) is 15.8. The van der Waals surface area contributed by atoms with Crippen LogP contribution in [0.25, 0.3) is 0 Å². The second-order valence-corrected chi connectivity index (χ2v) is 7.29. The van der Waals surface area contributed by atoms with Crippen molar-refractivity contribution in [1.82, 2.24) is 19.6 Å². The fourth-order valence-electron chi connectivity index (χ4n) is 4.05. The van der Waals surface area contributed by atoms with Crippen molar-refractivity contribution < 1.29 is 9.21 Å². The highest BCUT2D eigenvalue weighted by atomic mass is 16.3. The quantitative estimate of drug-likeness (QED) is 0.856. The van der Waals surface area contributed by atoms with Gasteiger partial charge < -0.3 is 9.32 Å². The van der Waals surface area contributed by atoms with E-state index < -0.39 is 0 Å². The molecule has 1 aliphatic rings. The second kappa shape index (κ2) is 7.04. The molecule has 25 heavy (non-hydrogen) atoms. The largest absolute Gasteiger partial charge is 0.466 e. The van der Waals surface area contributed by atoms with Crippen LogP contribution in [0.2, 0.25) is 0 Å². The van der Waals surface area contributed by atoms with E-state index in [4.69, 9.17) is 4.42 Å². The minimum absolute atomic E-state index is 0.0347. The van der Waals surface area contributed by atoms with E-state index in [0.29, 0.717) is 23.3 Å². The van der Waals surface area contributed by atoms with E-state index in [1.165, 1.54) is 5.56 Å². The number of likely N-dealkylation sites (tertiary alicyclic amines) is 1. The van der Waals surface area contributed by atoms with Gasteiger partial charge in [-0.3, -0.25) is 14.4 Å². The van der Waals surface area contributed by atoms with Crippen LogP contribution in [0.4, 0.5) is 0 Å². The van der Waals surface area contributed by atoms with Crippen molar-refractivity contribution in [3.8, 4) is 0 Å². The van der Waals surface area contributed by atoms with Crippen molar-refractivity contribution in [2.75, 3.05) is 27.2 Å². The summed E-state index contributed by atoms with van der Waals surface area (Å²) >= 11 is 0. The van der Waals surface area contributed by atoms with E-state index >= 15 is 0 Å². The topological polar surface area (TPSA) is 54.5 Å². The van der Waals surface area contributed by atoms with Gasteiger partial charge in [0.15, 0.2) is 0 Å². The molecule has 3 heterocycles. The van der Waals surface area contributed by atoms with Gasteiger partial charge in [-0.05, 0) is 52.3 Å². The van der Waals surface area contributed by atoms with E-state index in [9.17, 15) is 4.79 Å². The minimum Gasteiger partial charge on any atom is -0.466 e. The van der Waals surface area contributed by atoms with Gasteiger partial charge in [0.05, 0.1) is 11.8 Å². The van der Waals surface area contributed by atoms with Crippen molar-refractivity contribution >= 4 is 5.91 Å². The molecule has 2 aromatic heterocycles. The van der Waals surface area contributed by atoms with Gasteiger partial charge in [0.1, 0.15) is 11.5 Å². The number of carbonyl (C=O) groups is 1. The first-order valence-electron chi connectivity index (χ1n) is 8.88. The fraction of sp³-hybridized carbons (Fsp3) is 0.579. The van der Waals surface area contributed by atoms with Gasteiger partial charge in [-0.25, -0.2) is 0 Å². The van der Waals surface area contributed by atoms with E-state index in [1.807, 2.05) is 49.8 Å². The Kier molecular flexibility index (Phi) is 4.99. The van der Waals surface area contributed by atoms with E-state index in [1.54, 1.807) is 0 Å². The Morgan fingerprint density at radius 2 is 2.16 bits per heavy atom. The predicted octanol–water partition coefficient (Wildman–Crippen LogP) is 2.79. The molecule has 0 bridgehead atoms. The number of piperidine rings is 1. The monoisotopic (exact) mass is 344 g/mol. The number of hydrogen-bond acceptors (Lipinski definition) is 4. The molecule has 1 amide bonds. The van der Waals surface area contributed by atoms with Crippen LogP contribution < -0.4 is 0 Å². The average molecular weight is 344 g/mol. The Morgan fingerprint density at radius 1 is 1.40 bits per heavy atom. The van der Waals surface area contributed by atoms with Crippen molar-refractivity contribution in [3.63, 3.8) is 0 Å². The summed E-state index contributed by atoms with van der Waals surface area (Å²) in [6.07, 6.45) is 6.31. The van der Waals surface area contributed by atoms with Crippen LogP contribution in [0.3, 0.4) is 0 Å². The molecule has 136 valence electrons. The van der Waals surface area contributed by atoms with Crippen LogP contribution >= 0.6 is 0 Å². The van der Waals surface area contributed by atoms with Gasteiger partial charge >= 0.3 is 0 Å². The van der Waals surface area contributed by atoms with E-state index in [0.717, 1.165) is 31.7 Å². The summed E-state index contributed by atoms with van der Waals surface area (Å²) < 4.78 is 7.37. The SMILES string of the molecule is Cc1cc(C(=O)N(C)C[C@@H]2CCCN(C)[C@H]2c2cnn(C)c2)c(C)o1. The average Bonchev–Trinajstić information content (AvgIpc) is 3.12. The van der Waals surface area contributed by atoms with Crippen LogP contribution in [-0.2, 0) is 7.05 Å². The standard InChI is InChI=1S/C19H28N4O2/c1-13-9-17(14(2)25-13)19(24)22(4)11-15-7-6-8-21(3)18(15)16-10-20-23(5)12-16/h9-10,12,15,18H,6-8,11H2,1-5H3/t15-,18+/m0/s1. The lowest BCUT2D eigenvalue weighted by Crippen LogP contribution is -2.42. The number of carbonyl (C=O) groups excluding carboxylic acids is 1. The fourth-order valence-corrected chi connectivity index (χ4v) is 4.05. The highest BCUT2D eigenvalue weighted by molar-refractivity contribution is 5.95. The van der Waals surface area contributed by atoms with E-state index in [2.05, 4.69) is 23.2 Å². The Bertz CT molecular complexity index is 748. The number of furan rings is 1. The molecule has 0 aliphatic carbocycles. The van der Waals surface area contributed by atoms with Crippen molar-refractivity contribution in [3.05, 3.63) is 41.1 Å². The normalized spacial score (nSPS) is 21.5. The van der Waals surface area contributed by atoms with Gasteiger partial charge in [0, 0.05) is 38.4 Å². The molecule has 2 aromatic rings. The lowest BCUT2D eigenvalue weighted by molar-refractivity contribution is 0.0644. The summed E-state index contributed by atoms with van der Waals surface area (Å²) in [5, 5.41) is 4.33. The third-order valence-corrected chi connectivity index (χ3v) is 5.20. The summed E-state index contributed by atoms with van der Waals surface area (Å²) in [7, 11) is 6.00. The van der Waals surface area contributed by atoms with E-state index in [-0.39, 0.29) is 5.91 Å². The number of nitrogens with zero attached hydrogens (tertiary/aromatic N) is 4. The summed E-state index contributed by atoms with van der Waals surface area (Å²) in [6.45, 7) is 5.53. The molecule has 2 atom stereocenters. The first-order valence-corrected chi connectivity index (χ1v) is 8.88. The first kappa shape index (κ1) is 17.7. The zero-order valence-corrected chi connectivity index (χ0v) is 15.8. The number of aryl methyl sites for hydroxylation is 3.